The summed E-state index contributed by atoms with van der Waals surface area (Å²) in [6.45, 7) is 0.0717. The van der Waals surface area contributed by atoms with Gasteiger partial charge in [0.1, 0.15) is 18.2 Å². The first-order valence-corrected chi connectivity index (χ1v) is 11.7. The second kappa shape index (κ2) is 12.2. The maximum atomic E-state index is 14.0. The van der Waals surface area contributed by atoms with E-state index in [2.05, 4.69) is 15.3 Å². The van der Waals surface area contributed by atoms with Crippen molar-refractivity contribution in [1.82, 2.24) is 4.98 Å². The summed E-state index contributed by atoms with van der Waals surface area (Å²) in [6.07, 6.45) is 6.81. The number of allylic oxidation sites excluding steroid dienone is 1. The van der Waals surface area contributed by atoms with Crippen LogP contribution in [0.25, 0.3) is 6.08 Å². The van der Waals surface area contributed by atoms with Crippen LogP contribution in [0.3, 0.4) is 0 Å². The van der Waals surface area contributed by atoms with Gasteiger partial charge >= 0.3 is 0 Å². The Kier molecular flexibility index (Phi) is 8.55. The number of rotatable bonds is 9. The summed E-state index contributed by atoms with van der Waals surface area (Å²) in [5.41, 5.74) is 2.64. The molecule has 4 aromatic rings. The molecular formula is C28H22Cl2FN3O2. The Balaban J connectivity index is 1.51. The van der Waals surface area contributed by atoms with Gasteiger partial charge < -0.3 is 14.8 Å². The van der Waals surface area contributed by atoms with E-state index < -0.39 is 0 Å². The Labute approximate surface area is 218 Å². The molecule has 0 bridgehead atoms. The maximum absolute atomic E-state index is 14.0. The minimum absolute atomic E-state index is 0.0717. The molecule has 182 valence electrons. The number of nitrogens with zero attached hydrogens (tertiary/aromatic N) is 2. The highest BCUT2D eigenvalue weighted by atomic mass is 35.5. The molecule has 8 heteroatoms. The number of aliphatic imine (C=N–C) groups is 1. The standard InChI is InChI=1S/C28H22Cl2FN3O2/c1-35-26-14-6-9-19(27(26)36-18-20-8-2-3-11-23(20)31)10-7-15-32-24-12-4-5-13-25(24)34-28-22(30)16-21(29)17-33-28/h2-17H,18H2,1H3,(H,33,34). The van der Waals surface area contributed by atoms with Crippen molar-refractivity contribution in [3.05, 3.63) is 112 Å². The summed E-state index contributed by atoms with van der Waals surface area (Å²) in [6, 6.07) is 21.2. The van der Waals surface area contributed by atoms with Gasteiger partial charge in [-0.05, 0) is 42.5 Å². The number of benzene rings is 3. The summed E-state index contributed by atoms with van der Waals surface area (Å²) < 4.78 is 25.4. The van der Waals surface area contributed by atoms with E-state index in [1.54, 1.807) is 49.7 Å². The predicted octanol–water partition coefficient (Wildman–Crippen LogP) is 8.27. The number of para-hydroxylation sites is 3. The van der Waals surface area contributed by atoms with Gasteiger partial charge in [0.15, 0.2) is 11.5 Å². The van der Waals surface area contributed by atoms with Crippen molar-refractivity contribution in [2.75, 3.05) is 12.4 Å². The molecule has 0 fully saturated rings. The van der Waals surface area contributed by atoms with Crippen LogP contribution in [0.2, 0.25) is 10.0 Å². The van der Waals surface area contributed by atoms with E-state index in [1.807, 2.05) is 42.5 Å². The number of pyridine rings is 1. The topological polar surface area (TPSA) is 55.7 Å². The van der Waals surface area contributed by atoms with Gasteiger partial charge in [0.05, 0.1) is 28.5 Å². The lowest BCUT2D eigenvalue weighted by Gasteiger charge is -2.13. The number of nitrogens with one attached hydrogen (secondary N) is 1. The van der Waals surface area contributed by atoms with Crippen LogP contribution < -0.4 is 14.8 Å². The number of hydrogen-bond acceptors (Lipinski definition) is 5. The zero-order valence-corrected chi connectivity index (χ0v) is 20.8. The summed E-state index contributed by atoms with van der Waals surface area (Å²) in [7, 11) is 1.56. The Bertz CT molecular complexity index is 1410. The molecule has 4 rings (SSSR count). The zero-order chi connectivity index (χ0) is 25.3. The van der Waals surface area contributed by atoms with Crippen molar-refractivity contribution >= 4 is 52.7 Å². The number of anilines is 2. The molecule has 36 heavy (non-hydrogen) atoms. The van der Waals surface area contributed by atoms with E-state index in [-0.39, 0.29) is 12.4 Å². The normalized spacial score (nSPS) is 11.2. The van der Waals surface area contributed by atoms with E-state index in [0.717, 1.165) is 11.3 Å². The summed E-state index contributed by atoms with van der Waals surface area (Å²) in [5.74, 6) is 1.22. The van der Waals surface area contributed by atoms with Crippen LogP contribution in [0.5, 0.6) is 11.5 Å². The van der Waals surface area contributed by atoms with Crippen molar-refractivity contribution in [3.8, 4) is 11.5 Å². The van der Waals surface area contributed by atoms with Crippen molar-refractivity contribution < 1.29 is 13.9 Å². The van der Waals surface area contributed by atoms with E-state index in [0.29, 0.717) is 38.6 Å². The van der Waals surface area contributed by atoms with Crippen LogP contribution >= 0.6 is 23.2 Å². The van der Waals surface area contributed by atoms with Gasteiger partial charge in [0.2, 0.25) is 0 Å². The third kappa shape index (κ3) is 6.42. The van der Waals surface area contributed by atoms with Crippen LogP contribution in [0.15, 0.2) is 90.1 Å². The molecule has 0 aliphatic rings. The third-order valence-electron chi connectivity index (χ3n) is 5.10. The van der Waals surface area contributed by atoms with E-state index in [9.17, 15) is 4.39 Å². The smallest absolute Gasteiger partial charge is 0.168 e. The monoisotopic (exact) mass is 521 g/mol. The van der Waals surface area contributed by atoms with Gasteiger partial charge in [-0.2, -0.15) is 0 Å². The molecule has 0 aliphatic carbocycles. The first kappa shape index (κ1) is 25.2. The summed E-state index contributed by atoms with van der Waals surface area (Å²) >= 11 is 12.2. The molecule has 0 amide bonds. The fraction of sp³-hybridized carbons (Fsp3) is 0.0714. The highest BCUT2D eigenvalue weighted by molar-refractivity contribution is 6.36. The van der Waals surface area contributed by atoms with Crippen LogP contribution in [0.1, 0.15) is 11.1 Å². The molecular weight excluding hydrogens is 500 g/mol. The molecule has 0 radical (unpaired) electrons. The minimum Gasteiger partial charge on any atom is -0.493 e. The lowest BCUT2D eigenvalue weighted by Crippen LogP contribution is -2.01. The number of ether oxygens (including phenoxy) is 2. The van der Waals surface area contributed by atoms with Gasteiger partial charge in [-0.15, -0.1) is 0 Å². The van der Waals surface area contributed by atoms with Gasteiger partial charge in [0.25, 0.3) is 0 Å². The summed E-state index contributed by atoms with van der Waals surface area (Å²) in [5, 5.41) is 4.04. The average Bonchev–Trinajstić information content (AvgIpc) is 2.88. The van der Waals surface area contributed by atoms with Gasteiger partial charge in [-0.1, -0.05) is 65.7 Å². The highest BCUT2D eigenvalue weighted by Gasteiger charge is 2.11. The summed E-state index contributed by atoms with van der Waals surface area (Å²) in [4.78, 5) is 8.78. The number of hydrogen-bond donors (Lipinski definition) is 1. The Morgan fingerprint density at radius 2 is 1.83 bits per heavy atom. The Hall–Kier alpha value is -3.87. The second-order valence-corrected chi connectivity index (χ2v) is 8.37. The third-order valence-corrected chi connectivity index (χ3v) is 5.59. The number of halogens is 3. The van der Waals surface area contributed by atoms with E-state index >= 15 is 0 Å². The molecule has 1 aromatic heterocycles. The lowest BCUT2D eigenvalue weighted by atomic mass is 10.1. The van der Waals surface area contributed by atoms with Gasteiger partial charge in [-0.25, -0.2) is 9.37 Å². The molecule has 5 nitrogen and oxygen atoms in total. The average molecular weight is 522 g/mol. The lowest BCUT2D eigenvalue weighted by molar-refractivity contribution is 0.279. The predicted molar refractivity (Wildman–Crippen MR) is 145 cm³/mol. The van der Waals surface area contributed by atoms with Crippen LogP contribution in [0, 0.1) is 5.82 Å². The second-order valence-electron chi connectivity index (χ2n) is 7.52. The molecule has 0 saturated carbocycles. The molecule has 0 spiro atoms. The zero-order valence-electron chi connectivity index (χ0n) is 19.3. The SMILES string of the molecule is COc1cccc(C=CC=Nc2ccccc2Nc2ncc(Cl)cc2Cl)c1OCc1ccccc1F. The fourth-order valence-corrected chi connectivity index (χ4v) is 3.77. The Morgan fingerprint density at radius 1 is 1.03 bits per heavy atom. The van der Waals surface area contributed by atoms with Crippen molar-refractivity contribution in [1.29, 1.82) is 0 Å². The molecule has 0 saturated heterocycles. The van der Waals surface area contributed by atoms with Crippen molar-refractivity contribution in [2.24, 2.45) is 4.99 Å². The van der Waals surface area contributed by atoms with Crippen molar-refractivity contribution in [2.45, 2.75) is 6.61 Å². The molecule has 1 heterocycles. The molecule has 0 atom stereocenters. The quantitative estimate of drug-likeness (QED) is 0.225. The van der Waals surface area contributed by atoms with E-state index in [1.165, 1.54) is 12.3 Å². The molecule has 1 N–H and O–H groups in total. The molecule has 0 unspecified atom stereocenters. The molecule has 0 aliphatic heterocycles. The van der Waals surface area contributed by atoms with Crippen LogP contribution in [-0.4, -0.2) is 18.3 Å². The fourth-order valence-electron chi connectivity index (χ4n) is 3.34. The van der Waals surface area contributed by atoms with Gasteiger partial charge in [0, 0.05) is 23.5 Å². The van der Waals surface area contributed by atoms with E-state index in [4.69, 9.17) is 32.7 Å². The minimum atomic E-state index is -0.320. The largest absolute Gasteiger partial charge is 0.493 e. The first-order chi connectivity index (χ1) is 17.5. The molecule has 3 aromatic carbocycles. The number of methoxy groups -OCH3 is 1. The van der Waals surface area contributed by atoms with Gasteiger partial charge in [-0.3, -0.25) is 4.99 Å². The maximum Gasteiger partial charge on any atom is 0.168 e. The van der Waals surface area contributed by atoms with Crippen LogP contribution in [0.4, 0.5) is 21.6 Å². The Morgan fingerprint density at radius 3 is 2.64 bits per heavy atom. The van der Waals surface area contributed by atoms with Crippen molar-refractivity contribution in [3.63, 3.8) is 0 Å². The first-order valence-electron chi connectivity index (χ1n) is 11.0. The number of aromatic nitrogens is 1. The van der Waals surface area contributed by atoms with Crippen LogP contribution in [-0.2, 0) is 6.61 Å². The highest BCUT2D eigenvalue weighted by Crippen LogP contribution is 2.33.